The van der Waals surface area contributed by atoms with Gasteiger partial charge in [0.25, 0.3) is 0 Å². The zero-order valence-corrected chi connectivity index (χ0v) is 16.1. The van der Waals surface area contributed by atoms with Crippen LogP contribution in [-0.2, 0) is 15.5 Å². The molecule has 0 heterocycles. The standard InChI is InChI=1S/C17H28N4O3S/c1-17(2,3)24-16(22)21-11-10-19-15(18-4)20-12-13-25(23)14-8-6-5-7-9-14/h5-9H,10-13H2,1-4H3,(H,21,22)(H2,18,19,20). The molecule has 1 rings (SSSR count). The molecule has 1 unspecified atom stereocenters. The number of ether oxygens (including phenoxy) is 1. The van der Waals surface area contributed by atoms with Gasteiger partial charge in [-0.1, -0.05) is 18.2 Å². The quantitative estimate of drug-likeness (QED) is 0.385. The minimum atomic E-state index is -1.04. The van der Waals surface area contributed by atoms with E-state index in [9.17, 15) is 9.00 Å². The Morgan fingerprint density at radius 1 is 1.08 bits per heavy atom. The number of aliphatic imine (C=N–C) groups is 1. The van der Waals surface area contributed by atoms with E-state index in [1.54, 1.807) is 7.05 Å². The molecule has 7 nitrogen and oxygen atoms in total. The van der Waals surface area contributed by atoms with E-state index in [1.165, 1.54) is 0 Å². The van der Waals surface area contributed by atoms with E-state index < -0.39 is 22.5 Å². The molecule has 8 heteroatoms. The van der Waals surface area contributed by atoms with Gasteiger partial charge in [-0.3, -0.25) is 9.20 Å². The third-order valence-corrected chi connectivity index (χ3v) is 4.27. The van der Waals surface area contributed by atoms with Gasteiger partial charge in [-0.25, -0.2) is 4.79 Å². The van der Waals surface area contributed by atoms with E-state index in [4.69, 9.17) is 4.74 Å². The summed E-state index contributed by atoms with van der Waals surface area (Å²) in [6.45, 7) is 6.88. The van der Waals surface area contributed by atoms with Crippen molar-refractivity contribution < 1.29 is 13.7 Å². The molecule has 3 N–H and O–H groups in total. The van der Waals surface area contributed by atoms with E-state index >= 15 is 0 Å². The van der Waals surface area contributed by atoms with Crippen molar-refractivity contribution in [2.45, 2.75) is 31.3 Å². The molecule has 0 fully saturated rings. The maximum atomic E-state index is 12.1. The Labute approximate surface area is 152 Å². The second kappa shape index (κ2) is 10.7. The van der Waals surface area contributed by atoms with Crippen molar-refractivity contribution in [1.82, 2.24) is 16.0 Å². The molecular weight excluding hydrogens is 340 g/mol. The topological polar surface area (TPSA) is 91.8 Å². The highest BCUT2D eigenvalue weighted by atomic mass is 32.2. The van der Waals surface area contributed by atoms with Crippen molar-refractivity contribution in [3.05, 3.63) is 30.3 Å². The fourth-order valence-electron chi connectivity index (χ4n) is 1.83. The minimum absolute atomic E-state index is 0.408. The minimum Gasteiger partial charge on any atom is -0.444 e. The Bertz CT molecular complexity index is 585. The number of hydrogen-bond acceptors (Lipinski definition) is 4. The van der Waals surface area contributed by atoms with Gasteiger partial charge in [0.15, 0.2) is 5.96 Å². The second-order valence-electron chi connectivity index (χ2n) is 6.22. The normalized spacial score (nSPS) is 13.0. The molecule has 0 aromatic heterocycles. The van der Waals surface area contributed by atoms with Gasteiger partial charge in [0.2, 0.25) is 0 Å². The summed E-state index contributed by atoms with van der Waals surface area (Å²) in [5, 5.41) is 8.83. The lowest BCUT2D eigenvalue weighted by Crippen LogP contribution is -2.43. The highest BCUT2D eigenvalue weighted by Gasteiger charge is 2.15. The molecule has 0 saturated carbocycles. The number of nitrogens with one attached hydrogen (secondary N) is 3. The number of amides is 1. The molecule has 0 spiro atoms. The van der Waals surface area contributed by atoms with Crippen molar-refractivity contribution >= 4 is 22.9 Å². The van der Waals surface area contributed by atoms with Crippen molar-refractivity contribution in [3.8, 4) is 0 Å². The number of carbonyl (C=O) groups is 1. The van der Waals surface area contributed by atoms with Crippen molar-refractivity contribution in [2.75, 3.05) is 32.4 Å². The highest BCUT2D eigenvalue weighted by Crippen LogP contribution is 2.06. The van der Waals surface area contributed by atoms with Gasteiger partial charge in [-0.15, -0.1) is 0 Å². The van der Waals surface area contributed by atoms with Crippen LogP contribution >= 0.6 is 0 Å². The monoisotopic (exact) mass is 368 g/mol. The van der Waals surface area contributed by atoms with Crippen LogP contribution in [0.4, 0.5) is 4.79 Å². The van der Waals surface area contributed by atoms with Gasteiger partial charge in [-0.05, 0) is 32.9 Å². The number of benzene rings is 1. The smallest absolute Gasteiger partial charge is 0.407 e. The summed E-state index contributed by atoms with van der Waals surface area (Å²) in [6.07, 6.45) is -0.449. The fourth-order valence-corrected chi connectivity index (χ4v) is 2.82. The van der Waals surface area contributed by atoms with Crippen LogP contribution in [0.15, 0.2) is 40.2 Å². The first-order valence-corrected chi connectivity index (χ1v) is 9.48. The van der Waals surface area contributed by atoms with E-state index in [-0.39, 0.29) is 0 Å². The summed E-state index contributed by atoms with van der Waals surface area (Å²) in [6, 6.07) is 9.35. The molecule has 1 aromatic rings. The summed E-state index contributed by atoms with van der Waals surface area (Å²) < 4.78 is 17.3. The third-order valence-electron chi connectivity index (χ3n) is 2.90. The Morgan fingerprint density at radius 2 is 1.68 bits per heavy atom. The first-order valence-electron chi connectivity index (χ1n) is 8.16. The average Bonchev–Trinajstić information content (AvgIpc) is 2.56. The zero-order valence-electron chi connectivity index (χ0n) is 15.3. The number of alkyl carbamates (subject to hydrolysis) is 1. The lowest BCUT2D eigenvalue weighted by atomic mass is 10.2. The maximum Gasteiger partial charge on any atom is 0.407 e. The molecule has 140 valence electrons. The molecule has 0 radical (unpaired) electrons. The van der Waals surface area contributed by atoms with Crippen molar-refractivity contribution in [2.24, 2.45) is 4.99 Å². The van der Waals surface area contributed by atoms with Crippen molar-refractivity contribution in [1.29, 1.82) is 0 Å². The Hall–Kier alpha value is -2.09. The lowest BCUT2D eigenvalue weighted by molar-refractivity contribution is 0.0529. The number of carbonyl (C=O) groups excluding carboxylic acids is 1. The maximum absolute atomic E-state index is 12.1. The largest absolute Gasteiger partial charge is 0.444 e. The summed E-state index contributed by atoms with van der Waals surface area (Å²) in [5.41, 5.74) is -0.510. The average molecular weight is 369 g/mol. The van der Waals surface area contributed by atoms with E-state index in [0.29, 0.717) is 31.3 Å². The van der Waals surface area contributed by atoms with Crippen LogP contribution in [-0.4, -0.2) is 54.3 Å². The summed E-state index contributed by atoms with van der Waals surface area (Å²) in [4.78, 5) is 16.4. The van der Waals surface area contributed by atoms with Crippen LogP contribution in [0, 0.1) is 0 Å². The van der Waals surface area contributed by atoms with Crippen LogP contribution in [0.3, 0.4) is 0 Å². The molecule has 0 saturated heterocycles. The van der Waals surface area contributed by atoms with Gasteiger partial charge in [0.1, 0.15) is 5.60 Å². The Kier molecular flexibility index (Phi) is 8.98. The molecule has 0 bridgehead atoms. The van der Waals surface area contributed by atoms with E-state index in [0.717, 1.165) is 4.90 Å². The van der Waals surface area contributed by atoms with Crippen molar-refractivity contribution in [3.63, 3.8) is 0 Å². The van der Waals surface area contributed by atoms with Crippen LogP contribution in [0.2, 0.25) is 0 Å². The molecule has 25 heavy (non-hydrogen) atoms. The van der Waals surface area contributed by atoms with E-state index in [2.05, 4.69) is 20.9 Å². The molecule has 0 aliphatic carbocycles. The molecular formula is C17H28N4O3S. The van der Waals surface area contributed by atoms with Crippen LogP contribution < -0.4 is 16.0 Å². The predicted molar refractivity (Wildman–Crippen MR) is 101 cm³/mol. The molecule has 1 amide bonds. The second-order valence-corrected chi connectivity index (χ2v) is 7.79. The van der Waals surface area contributed by atoms with Gasteiger partial charge in [0, 0.05) is 37.3 Å². The number of guanidine groups is 1. The fraction of sp³-hybridized carbons (Fsp3) is 0.529. The summed E-state index contributed by atoms with van der Waals surface area (Å²) in [5.74, 6) is 1.08. The van der Waals surface area contributed by atoms with Gasteiger partial charge in [0.05, 0.1) is 10.8 Å². The first kappa shape index (κ1) is 21.0. The molecule has 1 aromatic carbocycles. The van der Waals surface area contributed by atoms with Gasteiger partial charge in [-0.2, -0.15) is 0 Å². The lowest BCUT2D eigenvalue weighted by Gasteiger charge is -2.19. The number of nitrogens with zero attached hydrogens (tertiary/aromatic N) is 1. The molecule has 0 aliphatic rings. The van der Waals surface area contributed by atoms with Crippen LogP contribution in [0.5, 0.6) is 0 Å². The Balaban J connectivity index is 2.20. The third kappa shape index (κ3) is 9.71. The Morgan fingerprint density at radius 3 is 2.28 bits per heavy atom. The molecule has 1 atom stereocenters. The summed E-state index contributed by atoms with van der Waals surface area (Å²) in [7, 11) is 0.614. The highest BCUT2D eigenvalue weighted by molar-refractivity contribution is 7.85. The van der Waals surface area contributed by atoms with Gasteiger partial charge < -0.3 is 20.7 Å². The number of hydrogen-bond donors (Lipinski definition) is 3. The summed E-state index contributed by atoms with van der Waals surface area (Å²) >= 11 is 0. The number of rotatable bonds is 7. The van der Waals surface area contributed by atoms with E-state index in [1.807, 2.05) is 51.1 Å². The van der Waals surface area contributed by atoms with Crippen LogP contribution in [0.1, 0.15) is 20.8 Å². The SMILES string of the molecule is CN=C(NCCNC(=O)OC(C)(C)C)NCCS(=O)c1ccccc1. The van der Waals surface area contributed by atoms with Crippen LogP contribution in [0.25, 0.3) is 0 Å². The zero-order chi connectivity index (χ0) is 18.7. The molecule has 0 aliphatic heterocycles. The van der Waals surface area contributed by atoms with Gasteiger partial charge >= 0.3 is 6.09 Å². The first-order chi connectivity index (χ1) is 11.8. The predicted octanol–water partition coefficient (Wildman–Crippen LogP) is 1.48.